The van der Waals surface area contributed by atoms with Gasteiger partial charge in [-0.05, 0) is 6.08 Å². The van der Waals surface area contributed by atoms with Crippen molar-refractivity contribution < 1.29 is 13.2 Å². The van der Waals surface area contributed by atoms with Crippen LogP contribution in [-0.2, 0) is 9.84 Å². The van der Waals surface area contributed by atoms with Crippen molar-refractivity contribution in [3.05, 3.63) is 11.5 Å². The van der Waals surface area contributed by atoms with Crippen molar-refractivity contribution in [1.82, 2.24) is 5.32 Å². The van der Waals surface area contributed by atoms with Gasteiger partial charge < -0.3 is 11.1 Å². The summed E-state index contributed by atoms with van der Waals surface area (Å²) in [6.45, 7) is 0. The van der Waals surface area contributed by atoms with Crippen molar-refractivity contribution in [2.45, 2.75) is 6.04 Å². The summed E-state index contributed by atoms with van der Waals surface area (Å²) in [7, 11) is -3.09. The van der Waals surface area contributed by atoms with Crippen LogP contribution in [0, 0.1) is 0 Å². The van der Waals surface area contributed by atoms with Gasteiger partial charge in [0.1, 0.15) is 0 Å². The lowest BCUT2D eigenvalue weighted by atomic mass is 10.3. The smallest absolute Gasteiger partial charge is 0.312 e. The minimum atomic E-state index is -3.09. The first-order chi connectivity index (χ1) is 4.99. The van der Waals surface area contributed by atoms with E-state index in [-0.39, 0.29) is 5.75 Å². The Labute approximate surface area is 64.2 Å². The van der Waals surface area contributed by atoms with Gasteiger partial charge in [0, 0.05) is 5.41 Å². The monoisotopic (exact) mass is 176 g/mol. The maximum atomic E-state index is 10.7. The topological polar surface area (TPSA) is 89.3 Å². The third-order valence-corrected chi connectivity index (χ3v) is 2.65. The van der Waals surface area contributed by atoms with Gasteiger partial charge in [0.2, 0.25) is 0 Å². The van der Waals surface area contributed by atoms with Crippen LogP contribution in [0.15, 0.2) is 11.5 Å². The zero-order valence-electron chi connectivity index (χ0n) is 5.65. The lowest BCUT2D eigenvalue weighted by molar-refractivity contribution is 0.248. The van der Waals surface area contributed by atoms with Crippen molar-refractivity contribution in [3.8, 4) is 0 Å². The molecule has 3 N–H and O–H groups in total. The summed E-state index contributed by atoms with van der Waals surface area (Å²) < 4.78 is 21.5. The van der Waals surface area contributed by atoms with Crippen molar-refractivity contribution >= 4 is 15.9 Å². The molecule has 0 fully saturated rings. The van der Waals surface area contributed by atoms with Gasteiger partial charge in [-0.2, -0.15) is 0 Å². The fourth-order valence-corrected chi connectivity index (χ4v) is 2.08. The molecule has 0 aromatic heterocycles. The van der Waals surface area contributed by atoms with E-state index in [0.717, 1.165) is 5.41 Å². The van der Waals surface area contributed by atoms with E-state index in [4.69, 9.17) is 5.73 Å². The Morgan fingerprint density at radius 3 is 2.64 bits per heavy atom. The summed E-state index contributed by atoms with van der Waals surface area (Å²) in [4.78, 5) is 10.2. The number of amides is 2. The van der Waals surface area contributed by atoms with Crippen LogP contribution in [0.3, 0.4) is 0 Å². The number of sulfone groups is 1. The van der Waals surface area contributed by atoms with Crippen LogP contribution >= 0.6 is 0 Å². The van der Waals surface area contributed by atoms with Gasteiger partial charge in [-0.15, -0.1) is 0 Å². The first-order valence-electron chi connectivity index (χ1n) is 2.96. The van der Waals surface area contributed by atoms with E-state index < -0.39 is 21.9 Å². The highest BCUT2D eigenvalue weighted by Gasteiger charge is 2.21. The number of hydrogen-bond acceptors (Lipinski definition) is 3. The summed E-state index contributed by atoms with van der Waals surface area (Å²) >= 11 is 0. The second-order valence-electron chi connectivity index (χ2n) is 2.27. The number of nitrogens with one attached hydrogen (secondary N) is 1. The van der Waals surface area contributed by atoms with E-state index in [0.29, 0.717) is 0 Å². The molecule has 0 aromatic rings. The highest BCUT2D eigenvalue weighted by Crippen LogP contribution is 2.06. The van der Waals surface area contributed by atoms with Gasteiger partial charge in [-0.25, -0.2) is 13.2 Å². The number of primary amides is 1. The molecule has 0 aromatic carbocycles. The van der Waals surface area contributed by atoms with E-state index in [2.05, 4.69) is 5.32 Å². The van der Waals surface area contributed by atoms with Crippen LogP contribution < -0.4 is 11.1 Å². The summed E-state index contributed by atoms with van der Waals surface area (Å²) in [5.41, 5.74) is 4.78. The van der Waals surface area contributed by atoms with E-state index in [1.54, 1.807) is 0 Å². The van der Waals surface area contributed by atoms with Crippen LogP contribution in [-0.4, -0.2) is 26.2 Å². The lowest BCUT2D eigenvalue weighted by Gasteiger charge is -2.05. The molecule has 0 unspecified atom stereocenters. The summed E-state index contributed by atoms with van der Waals surface area (Å²) in [5.74, 6) is -0.0874. The van der Waals surface area contributed by atoms with E-state index in [9.17, 15) is 13.2 Å². The average Bonchev–Trinajstić information content (AvgIpc) is 2.08. The third kappa shape index (κ3) is 2.23. The molecular weight excluding hydrogens is 168 g/mol. The Balaban J connectivity index is 2.58. The molecule has 62 valence electrons. The van der Waals surface area contributed by atoms with Gasteiger partial charge in [-0.1, -0.05) is 0 Å². The Kier molecular flexibility index (Phi) is 1.86. The molecule has 1 rings (SSSR count). The molecule has 0 spiro atoms. The number of nitrogens with two attached hydrogens (primary N) is 1. The average molecular weight is 176 g/mol. The Morgan fingerprint density at radius 1 is 1.64 bits per heavy atom. The second kappa shape index (κ2) is 2.54. The molecule has 1 aliphatic heterocycles. The predicted octanol–water partition coefficient (Wildman–Crippen LogP) is -1.03. The zero-order valence-corrected chi connectivity index (χ0v) is 6.47. The van der Waals surface area contributed by atoms with E-state index in [1.807, 2.05) is 0 Å². The largest absolute Gasteiger partial charge is 0.352 e. The molecule has 2 amide bonds. The molecule has 5 nitrogen and oxygen atoms in total. The molecule has 0 bridgehead atoms. The molecule has 11 heavy (non-hydrogen) atoms. The zero-order chi connectivity index (χ0) is 8.48. The molecule has 6 heteroatoms. The Hall–Kier alpha value is -1.04. The quantitative estimate of drug-likeness (QED) is 0.535. The molecule has 0 aliphatic carbocycles. The summed E-state index contributed by atoms with van der Waals surface area (Å²) in [6.07, 6.45) is 1.40. The highest BCUT2D eigenvalue weighted by molar-refractivity contribution is 7.94. The van der Waals surface area contributed by atoms with Gasteiger partial charge in [0.25, 0.3) is 0 Å². The highest BCUT2D eigenvalue weighted by atomic mass is 32.2. The van der Waals surface area contributed by atoms with Crippen LogP contribution in [0.1, 0.15) is 0 Å². The van der Waals surface area contributed by atoms with Crippen molar-refractivity contribution in [1.29, 1.82) is 0 Å². The molecule has 1 atom stereocenters. The first-order valence-corrected chi connectivity index (χ1v) is 4.68. The summed E-state index contributed by atoms with van der Waals surface area (Å²) in [6, 6.07) is -1.17. The van der Waals surface area contributed by atoms with Crippen molar-refractivity contribution in [3.63, 3.8) is 0 Å². The molecule has 0 radical (unpaired) electrons. The number of rotatable bonds is 1. The van der Waals surface area contributed by atoms with Crippen LogP contribution in [0.5, 0.6) is 0 Å². The molecule has 1 aliphatic rings. The third-order valence-electron chi connectivity index (χ3n) is 1.26. The van der Waals surface area contributed by atoms with Gasteiger partial charge >= 0.3 is 6.03 Å². The maximum Gasteiger partial charge on any atom is 0.312 e. The number of hydrogen-bond donors (Lipinski definition) is 2. The van der Waals surface area contributed by atoms with Crippen LogP contribution in [0.2, 0.25) is 0 Å². The standard InChI is InChI=1S/C5H8N2O3S/c6-5(8)7-4-1-2-11(9,10)3-4/h1-2,4H,3H2,(H3,6,7,8)/t4-/m1/s1. The molecular formula is C5H8N2O3S. The van der Waals surface area contributed by atoms with Crippen molar-refractivity contribution in [2.75, 3.05) is 5.75 Å². The maximum absolute atomic E-state index is 10.7. The fourth-order valence-electron chi connectivity index (χ4n) is 0.848. The lowest BCUT2D eigenvalue weighted by Crippen LogP contribution is -2.39. The summed E-state index contributed by atoms with van der Waals surface area (Å²) in [5, 5.41) is 3.35. The van der Waals surface area contributed by atoms with E-state index >= 15 is 0 Å². The van der Waals surface area contributed by atoms with Crippen LogP contribution in [0.25, 0.3) is 0 Å². The molecule has 0 saturated heterocycles. The number of carbonyl (C=O) groups excluding carboxylic acids is 1. The normalized spacial score (nSPS) is 26.7. The van der Waals surface area contributed by atoms with E-state index in [1.165, 1.54) is 6.08 Å². The molecule has 0 saturated carbocycles. The molecule has 1 heterocycles. The Bertz CT molecular complexity index is 293. The van der Waals surface area contributed by atoms with Gasteiger partial charge in [0.05, 0.1) is 11.8 Å². The fraction of sp³-hybridized carbons (Fsp3) is 0.400. The Morgan fingerprint density at radius 2 is 2.27 bits per heavy atom. The van der Waals surface area contributed by atoms with Crippen LogP contribution in [0.4, 0.5) is 4.79 Å². The minimum Gasteiger partial charge on any atom is -0.352 e. The number of urea groups is 1. The number of carbonyl (C=O) groups is 1. The van der Waals surface area contributed by atoms with Crippen molar-refractivity contribution in [2.24, 2.45) is 5.73 Å². The van der Waals surface area contributed by atoms with Gasteiger partial charge in [-0.3, -0.25) is 0 Å². The van der Waals surface area contributed by atoms with Gasteiger partial charge in [0.15, 0.2) is 9.84 Å². The second-order valence-corrected chi connectivity index (χ2v) is 4.20. The predicted molar refractivity (Wildman–Crippen MR) is 39.4 cm³/mol. The first kappa shape index (κ1) is 8.06. The SMILES string of the molecule is NC(=O)N[C@@H]1C=CS(=O)(=O)C1. The minimum absolute atomic E-state index is 0.0874.